The summed E-state index contributed by atoms with van der Waals surface area (Å²) in [5.41, 5.74) is 2.61. The van der Waals surface area contributed by atoms with Crippen LogP contribution < -0.4 is 0 Å². The molecule has 1 aromatic carbocycles. The second kappa shape index (κ2) is 6.04. The topological polar surface area (TPSA) is 58.3 Å². The molecule has 4 nitrogen and oxygen atoms in total. The molecule has 0 atom stereocenters. The summed E-state index contributed by atoms with van der Waals surface area (Å²) >= 11 is 1.50. The summed E-state index contributed by atoms with van der Waals surface area (Å²) in [5.74, 6) is 0.588. The van der Waals surface area contributed by atoms with Gasteiger partial charge in [-0.3, -0.25) is 0 Å². The number of nitrogens with zero attached hydrogens (tertiary/aromatic N) is 2. The Balaban J connectivity index is 2.46. The molecular weight excluding hydrogens is 248 g/mol. The summed E-state index contributed by atoms with van der Waals surface area (Å²) in [4.78, 5) is 0. The van der Waals surface area contributed by atoms with Crippen LogP contribution in [0.1, 0.15) is 11.3 Å². The van der Waals surface area contributed by atoms with Crippen molar-refractivity contribution in [2.45, 2.75) is 18.6 Å². The van der Waals surface area contributed by atoms with Gasteiger partial charge in [-0.25, -0.2) is 4.68 Å². The van der Waals surface area contributed by atoms with Crippen LogP contribution in [-0.4, -0.2) is 32.4 Å². The number of rotatable bonds is 5. The molecule has 0 unspecified atom stereocenters. The molecule has 5 heteroatoms. The molecule has 0 aliphatic carbocycles. The maximum Gasteiger partial charge on any atom is 0.106 e. The third-order valence-corrected chi connectivity index (χ3v) is 3.71. The van der Waals surface area contributed by atoms with E-state index in [0.29, 0.717) is 5.75 Å². The van der Waals surface area contributed by atoms with Crippen molar-refractivity contribution in [1.82, 2.24) is 9.78 Å². The van der Waals surface area contributed by atoms with Crippen molar-refractivity contribution in [3.05, 3.63) is 41.6 Å². The van der Waals surface area contributed by atoms with Crippen molar-refractivity contribution < 1.29 is 10.2 Å². The van der Waals surface area contributed by atoms with Gasteiger partial charge >= 0.3 is 0 Å². The molecule has 2 aromatic rings. The molecule has 0 bridgehead atoms. The van der Waals surface area contributed by atoms with Gasteiger partial charge in [0, 0.05) is 11.3 Å². The van der Waals surface area contributed by atoms with Crippen molar-refractivity contribution in [1.29, 1.82) is 0 Å². The van der Waals surface area contributed by atoms with E-state index < -0.39 is 0 Å². The highest BCUT2D eigenvalue weighted by Gasteiger charge is 2.15. The first-order valence-electron chi connectivity index (χ1n) is 5.76. The van der Waals surface area contributed by atoms with E-state index in [1.165, 1.54) is 11.8 Å². The standard InChI is InChI=1S/C13H16N2O2S/c1-10-12(9-17)13(18-8-7-16)15(14-10)11-5-3-2-4-6-11/h2-6,16-17H,7-9H2,1H3. The normalized spacial score (nSPS) is 10.8. The lowest BCUT2D eigenvalue weighted by atomic mass is 10.3. The molecule has 0 saturated carbocycles. The van der Waals surface area contributed by atoms with Gasteiger partial charge in [0.05, 0.1) is 24.6 Å². The van der Waals surface area contributed by atoms with Gasteiger partial charge in [0.1, 0.15) is 5.03 Å². The van der Waals surface area contributed by atoms with Crippen LogP contribution in [-0.2, 0) is 6.61 Å². The quantitative estimate of drug-likeness (QED) is 0.808. The van der Waals surface area contributed by atoms with Crippen LogP contribution in [0.4, 0.5) is 0 Å². The maximum atomic E-state index is 9.43. The summed E-state index contributed by atoms with van der Waals surface area (Å²) in [6, 6.07) is 9.79. The van der Waals surface area contributed by atoms with E-state index >= 15 is 0 Å². The molecule has 2 rings (SSSR count). The molecule has 1 aromatic heterocycles. The zero-order chi connectivity index (χ0) is 13.0. The largest absolute Gasteiger partial charge is 0.396 e. The Morgan fingerprint density at radius 2 is 1.94 bits per heavy atom. The number of aryl methyl sites for hydroxylation is 1. The number of aliphatic hydroxyl groups excluding tert-OH is 2. The minimum Gasteiger partial charge on any atom is -0.396 e. The first-order chi connectivity index (χ1) is 8.77. The van der Waals surface area contributed by atoms with Crippen molar-refractivity contribution in [2.75, 3.05) is 12.4 Å². The third kappa shape index (κ3) is 2.58. The highest BCUT2D eigenvalue weighted by Crippen LogP contribution is 2.28. The van der Waals surface area contributed by atoms with Crippen LogP contribution in [0.3, 0.4) is 0 Å². The van der Waals surface area contributed by atoms with Gasteiger partial charge in [-0.2, -0.15) is 5.10 Å². The van der Waals surface area contributed by atoms with Gasteiger partial charge in [0.2, 0.25) is 0 Å². The summed E-state index contributed by atoms with van der Waals surface area (Å²) in [7, 11) is 0. The first-order valence-corrected chi connectivity index (χ1v) is 6.75. The number of hydrogen-bond donors (Lipinski definition) is 2. The Morgan fingerprint density at radius 1 is 1.22 bits per heavy atom. The summed E-state index contributed by atoms with van der Waals surface area (Å²) in [6.07, 6.45) is 0. The molecule has 1 heterocycles. The average Bonchev–Trinajstić information content (AvgIpc) is 2.73. The molecule has 96 valence electrons. The molecule has 0 aliphatic heterocycles. The van der Waals surface area contributed by atoms with E-state index in [9.17, 15) is 5.11 Å². The summed E-state index contributed by atoms with van der Waals surface area (Å²) in [5, 5.41) is 23.7. The SMILES string of the molecule is Cc1nn(-c2ccccc2)c(SCCO)c1CO. The second-order valence-electron chi connectivity index (χ2n) is 3.85. The zero-order valence-corrected chi connectivity index (χ0v) is 11.0. The molecule has 0 aliphatic rings. The highest BCUT2D eigenvalue weighted by molar-refractivity contribution is 7.99. The van der Waals surface area contributed by atoms with Crippen molar-refractivity contribution in [3.63, 3.8) is 0 Å². The van der Waals surface area contributed by atoms with Crippen LogP contribution in [0.5, 0.6) is 0 Å². The van der Waals surface area contributed by atoms with Crippen molar-refractivity contribution in [3.8, 4) is 5.69 Å². The molecule has 18 heavy (non-hydrogen) atoms. The average molecular weight is 264 g/mol. The van der Waals surface area contributed by atoms with Crippen LogP contribution in [0, 0.1) is 6.92 Å². The number of thioether (sulfide) groups is 1. The van der Waals surface area contributed by atoms with Gasteiger partial charge in [-0.15, -0.1) is 11.8 Å². The predicted molar refractivity (Wildman–Crippen MR) is 72.0 cm³/mol. The Bertz CT molecular complexity index is 511. The van der Waals surface area contributed by atoms with E-state index in [4.69, 9.17) is 5.11 Å². The lowest BCUT2D eigenvalue weighted by Crippen LogP contribution is -2.00. The summed E-state index contributed by atoms with van der Waals surface area (Å²) < 4.78 is 1.82. The molecule has 0 saturated heterocycles. The van der Waals surface area contributed by atoms with E-state index in [-0.39, 0.29) is 13.2 Å². The highest BCUT2D eigenvalue weighted by atomic mass is 32.2. The van der Waals surface area contributed by atoms with Crippen molar-refractivity contribution in [2.24, 2.45) is 0 Å². The number of benzene rings is 1. The van der Waals surface area contributed by atoms with Gasteiger partial charge in [-0.05, 0) is 19.1 Å². The molecule has 0 spiro atoms. The number of para-hydroxylation sites is 1. The van der Waals surface area contributed by atoms with Crippen LogP contribution >= 0.6 is 11.8 Å². The Labute approximate surface area is 110 Å². The minimum atomic E-state index is -0.0353. The monoisotopic (exact) mass is 264 g/mol. The second-order valence-corrected chi connectivity index (χ2v) is 4.93. The molecule has 0 fully saturated rings. The molecule has 0 radical (unpaired) electrons. The Hall–Kier alpha value is -1.30. The maximum absolute atomic E-state index is 9.43. The number of aliphatic hydroxyl groups is 2. The zero-order valence-electron chi connectivity index (χ0n) is 10.2. The van der Waals surface area contributed by atoms with Crippen LogP contribution in [0.2, 0.25) is 0 Å². The predicted octanol–water partition coefficient (Wildman–Crippen LogP) is 1.76. The number of aromatic nitrogens is 2. The van der Waals surface area contributed by atoms with E-state index in [1.54, 1.807) is 0 Å². The Kier molecular flexibility index (Phi) is 4.41. The van der Waals surface area contributed by atoms with Crippen LogP contribution in [0.25, 0.3) is 5.69 Å². The minimum absolute atomic E-state index is 0.0353. The fourth-order valence-corrected chi connectivity index (χ4v) is 2.69. The fraction of sp³-hybridized carbons (Fsp3) is 0.308. The van der Waals surface area contributed by atoms with Gasteiger partial charge in [0.25, 0.3) is 0 Å². The molecular formula is C13H16N2O2S. The van der Waals surface area contributed by atoms with Gasteiger partial charge in [0.15, 0.2) is 0 Å². The third-order valence-electron chi connectivity index (χ3n) is 2.63. The van der Waals surface area contributed by atoms with Crippen LogP contribution in [0.15, 0.2) is 35.4 Å². The van der Waals surface area contributed by atoms with Gasteiger partial charge in [-0.1, -0.05) is 18.2 Å². The van der Waals surface area contributed by atoms with Gasteiger partial charge < -0.3 is 10.2 Å². The molecule has 0 amide bonds. The smallest absolute Gasteiger partial charge is 0.106 e. The number of hydrogen-bond acceptors (Lipinski definition) is 4. The van der Waals surface area contributed by atoms with E-state index in [1.807, 2.05) is 41.9 Å². The van der Waals surface area contributed by atoms with E-state index in [2.05, 4.69) is 5.10 Å². The Morgan fingerprint density at radius 3 is 2.56 bits per heavy atom. The first kappa shape index (κ1) is 13.1. The van der Waals surface area contributed by atoms with Crippen molar-refractivity contribution >= 4 is 11.8 Å². The molecule has 2 N–H and O–H groups in total. The summed E-state index contributed by atoms with van der Waals surface area (Å²) in [6.45, 7) is 1.95. The van der Waals surface area contributed by atoms with E-state index in [0.717, 1.165) is 22.0 Å². The lowest BCUT2D eigenvalue weighted by Gasteiger charge is -2.07. The fourth-order valence-electron chi connectivity index (χ4n) is 1.76. The lowest BCUT2D eigenvalue weighted by molar-refractivity contribution is 0.277.